The third-order valence-corrected chi connectivity index (χ3v) is 2.80. The minimum absolute atomic E-state index is 0.267. The summed E-state index contributed by atoms with van der Waals surface area (Å²) in [4.78, 5) is 26.7. The highest BCUT2D eigenvalue weighted by atomic mass is 16.5. The summed E-state index contributed by atoms with van der Waals surface area (Å²) in [7, 11) is 0. The SMILES string of the molecule is CCOCCn1c(=O)[nH]c2ccc(C)cc2c1=O. The number of aromatic amines is 1. The van der Waals surface area contributed by atoms with E-state index in [0.29, 0.717) is 24.1 Å². The van der Waals surface area contributed by atoms with Crippen molar-refractivity contribution in [2.45, 2.75) is 20.4 Å². The van der Waals surface area contributed by atoms with Crippen molar-refractivity contribution in [1.82, 2.24) is 9.55 Å². The first-order valence-corrected chi connectivity index (χ1v) is 5.94. The third kappa shape index (κ3) is 2.36. The predicted molar refractivity (Wildman–Crippen MR) is 70.1 cm³/mol. The molecule has 0 atom stereocenters. The van der Waals surface area contributed by atoms with Gasteiger partial charge in [0, 0.05) is 6.61 Å². The lowest BCUT2D eigenvalue weighted by Gasteiger charge is -2.06. The molecular weight excluding hydrogens is 232 g/mol. The Morgan fingerprint density at radius 2 is 2.11 bits per heavy atom. The van der Waals surface area contributed by atoms with E-state index < -0.39 is 5.69 Å². The topological polar surface area (TPSA) is 64.1 Å². The number of H-pyrrole nitrogens is 1. The molecule has 0 aliphatic carbocycles. The fourth-order valence-corrected chi connectivity index (χ4v) is 1.87. The van der Waals surface area contributed by atoms with E-state index in [-0.39, 0.29) is 12.1 Å². The molecular formula is C13H16N2O3. The molecule has 1 aromatic heterocycles. The monoisotopic (exact) mass is 248 g/mol. The van der Waals surface area contributed by atoms with Crippen LogP contribution in [0.3, 0.4) is 0 Å². The van der Waals surface area contributed by atoms with E-state index in [9.17, 15) is 9.59 Å². The number of fused-ring (bicyclic) bond motifs is 1. The Labute approximate surface area is 104 Å². The molecule has 0 aliphatic heterocycles. The molecule has 0 spiro atoms. The van der Waals surface area contributed by atoms with Gasteiger partial charge in [0.2, 0.25) is 0 Å². The summed E-state index contributed by atoms with van der Waals surface area (Å²) in [5.41, 5.74) is 0.902. The molecule has 1 aromatic carbocycles. The van der Waals surface area contributed by atoms with Crippen molar-refractivity contribution in [2.75, 3.05) is 13.2 Å². The highest BCUT2D eigenvalue weighted by Gasteiger charge is 2.07. The summed E-state index contributed by atoms with van der Waals surface area (Å²) in [6, 6.07) is 5.40. The van der Waals surface area contributed by atoms with E-state index in [4.69, 9.17) is 4.74 Å². The van der Waals surface area contributed by atoms with Crippen molar-refractivity contribution in [3.63, 3.8) is 0 Å². The van der Waals surface area contributed by atoms with Crippen molar-refractivity contribution in [2.24, 2.45) is 0 Å². The molecule has 5 heteroatoms. The minimum Gasteiger partial charge on any atom is -0.380 e. The van der Waals surface area contributed by atoms with Crippen LogP contribution in [0.4, 0.5) is 0 Å². The predicted octanol–water partition coefficient (Wildman–Crippen LogP) is 1.03. The zero-order valence-electron chi connectivity index (χ0n) is 10.5. The van der Waals surface area contributed by atoms with Gasteiger partial charge in [-0.2, -0.15) is 0 Å². The number of aromatic nitrogens is 2. The summed E-state index contributed by atoms with van der Waals surface area (Å²) < 4.78 is 6.35. The van der Waals surface area contributed by atoms with Gasteiger partial charge in [0.05, 0.1) is 24.1 Å². The Kier molecular flexibility index (Phi) is 3.62. The average molecular weight is 248 g/mol. The van der Waals surface area contributed by atoms with Crippen molar-refractivity contribution < 1.29 is 4.74 Å². The molecule has 1 N–H and O–H groups in total. The minimum atomic E-state index is -0.393. The van der Waals surface area contributed by atoms with Crippen LogP contribution in [0.15, 0.2) is 27.8 Å². The lowest BCUT2D eigenvalue weighted by atomic mass is 10.2. The number of ether oxygens (including phenoxy) is 1. The van der Waals surface area contributed by atoms with Crippen LogP contribution < -0.4 is 11.2 Å². The number of nitrogens with zero attached hydrogens (tertiary/aromatic N) is 1. The van der Waals surface area contributed by atoms with Crippen molar-refractivity contribution in [3.8, 4) is 0 Å². The zero-order chi connectivity index (χ0) is 13.1. The van der Waals surface area contributed by atoms with Crippen LogP contribution in [-0.2, 0) is 11.3 Å². The lowest BCUT2D eigenvalue weighted by Crippen LogP contribution is -2.36. The Morgan fingerprint density at radius 3 is 2.83 bits per heavy atom. The van der Waals surface area contributed by atoms with Gasteiger partial charge in [0.25, 0.3) is 5.56 Å². The maximum Gasteiger partial charge on any atom is 0.328 e. The second kappa shape index (κ2) is 5.18. The van der Waals surface area contributed by atoms with Crippen LogP contribution in [0, 0.1) is 6.92 Å². The molecule has 96 valence electrons. The van der Waals surface area contributed by atoms with Crippen LogP contribution in [0.5, 0.6) is 0 Å². The van der Waals surface area contributed by atoms with E-state index in [2.05, 4.69) is 4.98 Å². The first-order valence-electron chi connectivity index (χ1n) is 5.94. The number of rotatable bonds is 4. The summed E-state index contributed by atoms with van der Waals surface area (Å²) >= 11 is 0. The van der Waals surface area contributed by atoms with E-state index in [0.717, 1.165) is 5.56 Å². The number of hydrogen-bond donors (Lipinski definition) is 1. The summed E-state index contributed by atoms with van der Waals surface area (Å²) in [6.45, 7) is 4.98. The molecule has 5 nitrogen and oxygen atoms in total. The second-order valence-electron chi connectivity index (χ2n) is 4.13. The molecule has 0 saturated heterocycles. The van der Waals surface area contributed by atoms with E-state index >= 15 is 0 Å². The number of benzene rings is 1. The second-order valence-corrected chi connectivity index (χ2v) is 4.13. The maximum atomic E-state index is 12.2. The Morgan fingerprint density at radius 1 is 1.33 bits per heavy atom. The molecule has 0 aliphatic rings. The Balaban J connectivity index is 2.53. The molecule has 2 rings (SSSR count). The van der Waals surface area contributed by atoms with Gasteiger partial charge in [-0.3, -0.25) is 9.36 Å². The normalized spacial score (nSPS) is 11.0. The van der Waals surface area contributed by atoms with Crippen LogP contribution in [-0.4, -0.2) is 22.8 Å². The molecule has 18 heavy (non-hydrogen) atoms. The van der Waals surface area contributed by atoms with Gasteiger partial charge in [-0.1, -0.05) is 11.6 Å². The highest BCUT2D eigenvalue weighted by Crippen LogP contribution is 2.07. The van der Waals surface area contributed by atoms with Crippen LogP contribution >= 0.6 is 0 Å². The van der Waals surface area contributed by atoms with Gasteiger partial charge in [-0.15, -0.1) is 0 Å². The van der Waals surface area contributed by atoms with Crippen LogP contribution in [0.25, 0.3) is 10.9 Å². The summed E-state index contributed by atoms with van der Waals surface area (Å²) in [5, 5.41) is 0.533. The molecule has 0 fully saturated rings. The molecule has 0 unspecified atom stereocenters. The molecule has 2 aromatic rings. The van der Waals surface area contributed by atoms with Crippen LogP contribution in [0.2, 0.25) is 0 Å². The lowest BCUT2D eigenvalue weighted by molar-refractivity contribution is 0.137. The van der Waals surface area contributed by atoms with Gasteiger partial charge >= 0.3 is 5.69 Å². The first kappa shape index (κ1) is 12.6. The quantitative estimate of drug-likeness (QED) is 0.822. The fraction of sp³-hybridized carbons (Fsp3) is 0.385. The van der Waals surface area contributed by atoms with Crippen molar-refractivity contribution in [1.29, 1.82) is 0 Å². The summed E-state index contributed by atoms with van der Waals surface area (Å²) in [6.07, 6.45) is 0. The van der Waals surface area contributed by atoms with Crippen molar-refractivity contribution in [3.05, 3.63) is 44.6 Å². The Bertz CT molecular complexity index is 670. The first-order chi connectivity index (χ1) is 8.63. The molecule has 1 heterocycles. The largest absolute Gasteiger partial charge is 0.380 e. The van der Waals surface area contributed by atoms with Gasteiger partial charge in [0.1, 0.15) is 0 Å². The van der Waals surface area contributed by atoms with Gasteiger partial charge in [-0.25, -0.2) is 4.79 Å². The van der Waals surface area contributed by atoms with Crippen LogP contribution in [0.1, 0.15) is 12.5 Å². The number of nitrogens with one attached hydrogen (secondary N) is 1. The Hall–Kier alpha value is -1.88. The molecule has 0 amide bonds. The van der Waals surface area contributed by atoms with E-state index in [1.165, 1.54) is 4.57 Å². The average Bonchev–Trinajstić information content (AvgIpc) is 2.35. The van der Waals surface area contributed by atoms with E-state index in [1.807, 2.05) is 19.9 Å². The number of hydrogen-bond acceptors (Lipinski definition) is 3. The summed E-state index contributed by atoms with van der Waals surface area (Å²) in [5.74, 6) is 0. The smallest absolute Gasteiger partial charge is 0.328 e. The maximum absolute atomic E-state index is 12.2. The van der Waals surface area contributed by atoms with Gasteiger partial charge < -0.3 is 9.72 Å². The fourth-order valence-electron chi connectivity index (χ4n) is 1.87. The molecule has 0 bridgehead atoms. The highest BCUT2D eigenvalue weighted by molar-refractivity contribution is 5.77. The molecule has 0 saturated carbocycles. The molecule has 0 radical (unpaired) electrons. The van der Waals surface area contributed by atoms with Gasteiger partial charge in [0.15, 0.2) is 0 Å². The van der Waals surface area contributed by atoms with E-state index in [1.54, 1.807) is 12.1 Å². The standard InChI is InChI=1S/C13H16N2O3/c1-3-18-7-6-15-12(16)10-8-9(2)4-5-11(10)14-13(15)17/h4-5,8H,3,6-7H2,1-2H3,(H,14,17). The van der Waals surface area contributed by atoms with Gasteiger partial charge in [-0.05, 0) is 26.0 Å². The van der Waals surface area contributed by atoms with Crippen molar-refractivity contribution >= 4 is 10.9 Å². The zero-order valence-corrected chi connectivity index (χ0v) is 10.5. The third-order valence-electron chi connectivity index (χ3n) is 2.80. The number of aryl methyl sites for hydroxylation is 1.